The molecular formula is C21H25N3O7S. The number of cyclic esters (lactones) is 2. The van der Waals surface area contributed by atoms with E-state index in [1.807, 2.05) is 19.9 Å². The number of benzene rings is 1. The quantitative estimate of drug-likeness (QED) is 0.461. The lowest BCUT2D eigenvalue weighted by atomic mass is 9.95. The molecule has 32 heavy (non-hydrogen) atoms. The second-order valence-electron chi connectivity index (χ2n) is 8.49. The smallest absolute Gasteiger partial charge is 0.460 e. The summed E-state index contributed by atoms with van der Waals surface area (Å²) in [5, 5.41) is 2.31. The van der Waals surface area contributed by atoms with Crippen molar-refractivity contribution in [3.05, 3.63) is 35.9 Å². The molecule has 4 rings (SSSR count). The molecule has 3 fully saturated rings. The van der Waals surface area contributed by atoms with E-state index >= 15 is 0 Å². The van der Waals surface area contributed by atoms with E-state index in [2.05, 4.69) is 5.32 Å². The first-order chi connectivity index (χ1) is 15.1. The molecule has 3 heterocycles. The van der Waals surface area contributed by atoms with Crippen molar-refractivity contribution in [2.45, 2.75) is 61.2 Å². The van der Waals surface area contributed by atoms with E-state index in [1.165, 1.54) is 16.7 Å². The summed E-state index contributed by atoms with van der Waals surface area (Å²) in [6.07, 6.45) is -2.04. The van der Waals surface area contributed by atoms with Gasteiger partial charge in [-0.1, -0.05) is 30.3 Å². The van der Waals surface area contributed by atoms with Crippen molar-refractivity contribution in [3.8, 4) is 0 Å². The molecule has 10 nitrogen and oxygen atoms in total. The number of esters is 1. The maximum atomic E-state index is 12.9. The number of nitrogens with two attached hydrogens (primary N) is 1. The van der Waals surface area contributed by atoms with Gasteiger partial charge in [-0.3, -0.25) is 9.59 Å². The van der Waals surface area contributed by atoms with Gasteiger partial charge in [0.1, 0.15) is 36.2 Å². The molecule has 3 saturated heterocycles. The summed E-state index contributed by atoms with van der Waals surface area (Å²) >= 11 is 1.41. The first kappa shape index (κ1) is 22.4. The molecule has 0 saturated carbocycles. The number of hydrogen-bond donors (Lipinski definition) is 2. The van der Waals surface area contributed by atoms with Crippen molar-refractivity contribution in [2.24, 2.45) is 5.73 Å². The van der Waals surface area contributed by atoms with Gasteiger partial charge in [-0.05, 0) is 26.3 Å². The lowest BCUT2D eigenvalue weighted by Gasteiger charge is -2.44. The number of thioether (sulfide) groups is 1. The molecule has 0 bridgehead atoms. The number of amides is 2. The van der Waals surface area contributed by atoms with Crippen LogP contribution in [0, 0.1) is 0 Å². The fourth-order valence-corrected chi connectivity index (χ4v) is 5.69. The Labute approximate surface area is 189 Å². The third kappa shape index (κ3) is 3.90. The van der Waals surface area contributed by atoms with E-state index in [1.54, 1.807) is 31.2 Å². The number of carbonyl (C=O) groups is 4. The van der Waals surface area contributed by atoms with Crippen LogP contribution >= 0.6 is 11.8 Å². The molecule has 0 aromatic heterocycles. The van der Waals surface area contributed by atoms with E-state index in [9.17, 15) is 19.2 Å². The number of ether oxygens (including phenoxy) is 3. The van der Waals surface area contributed by atoms with Crippen LogP contribution in [0.4, 0.5) is 4.79 Å². The Bertz CT molecular complexity index is 941. The summed E-state index contributed by atoms with van der Waals surface area (Å²) in [5.41, 5.74) is 6.67. The van der Waals surface area contributed by atoms with Crippen molar-refractivity contribution >= 4 is 35.7 Å². The first-order valence-electron chi connectivity index (χ1n) is 10.2. The predicted molar refractivity (Wildman–Crippen MR) is 113 cm³/mol. The Morgan fingerprint density at radius 1 is 1.25 bits per heavy atom. The van der Waals surface area contributed by atoms with E-state index < -0.39 is 58.5 Å². The molecule has 1 aromatic carbocycles. The molecule has 0 aliphatic carbocycles. The van der Waals surface area contributed by atoms with Crippen molar-refractivity contribution in [1.29, 1.82) is 0 Å². The summed E-state index contributed by atoms with van der Waals surface area (Å²) in [6.45, 7) is 5.15. The van der Waals surface area contributed by atoms with Crippen LogP contribution in [0.1, 0.15) is 32.4 Å². The van der Waals surface area contributed by atoms with Crippen LogP contribution in [-0.2, 0) is 28.6 Å². The Morgan fingerprint density at radius 2 is 1.94 bits per heavy atom. The maximum absolute atomic E-state index is 12.9. The van der Waals surface area contributed by atoms with Crippen LogP contribution in [0.15, 0.2) is 30.3 Å². The van der Waals surface area contributed by atoms with Crippen LogP contribution in [0.25, 0.3) is 0 Å². The average molecular weight is 464 g/mol. The summed E-state index contributed by atoms with van der Waals surface area (Å²) in [6, 6.07) is 6.35. The highest BCUT2D eigenvalue weighted by Crippen LogP contribution is 2.51. The second kappa shape index (κ2) is 8.28. The zero-order chi connectivity index (χ0) is 23.2. The number of carbonyl (C=O) groups excluding carboxylic acids is 4. The highest BCUT2D eigenvalue weighted by molar-refractivity contribution is 8.01. The fraction of sp³-hybridized carbons (Fsp3) is 0.524. The summed E-state index contributed by atoms with van der Waals surface area (Å²) in [4.78, 5) is 50.9. The highest BCUT2D eigenvalue weighted by Gasteiger charge is 2.64. The molecule has 2 amide bonds. The van der Waals surface area contributed by atoms with Gasteiger partial charge >= 0.3 is 12.1 Å². The van der Waals surface area contributed by atoms with E-state index in [0.717, 1.165) is 0 Å². The van der Waals surface area contributed by atoms with Gasteiger partial charge in [0.15, 0.2) is 6.10 Å². The van der Waals surface area contributed by atoms with Gasteiger partial charge in [-0.2, -0.15) is 0 Å². The van der Waals surface area contributed by atoms with E-state index in [4.69, 9.17) is 19.9 Å². The van der Waals surface area contributed by atoms with Crippen molar-refractivity contribution in [2.75, 3.05) is 6.61 Å². The Kier molecular flexibility index (Phi) is 5.80. The minimum atomic E-state index is -0.906. The van der Waals surface area contributed by atoms with Gasteiger partial charge in [0.05, 0.1) is 0 Å². The minimum Gasteiger partial charge on any atom is -0.460 e. The van der Waals surface area contributed by atoms with Crippen LogP contribution in [0.3, 0.4) is 0 Å². The van der Waals surface area contributed by atoms with Gasteiger partial charge in [0.25, 0.3) is 0 Å². The molecular weight excluding hydrogens is 438 g/mol. The molecule has 0 radical (unpaired) electrons. The van der Waals surface area contributed by atoms with Crippen LogP contribution in [0.2, 0.25) is 0 Å². The molecule has 3 N–H and O–H groups in total. The lowest BCUT2D eigenvalue weighted by molar-refractivity contribution is -0.166. The van der Waals surface area contributed by atoms with Gasteiger partial charge in [-0.15, -0.1) is 11.8 Å². The van der Waals surface area contributed by atoms with Gasteiger partial charge in [0.2, 0.25) is 11.8 Å². The Hall–Kier alpha value is -2.79. The number of nitrogens with zero attached hydrogens (tertiary/aromatic N) is 1. The van der Waals surface area contributed by atoms with Crippen molar-refractivity contribution in [1.82, 2.24) is 10.2 Å². The molecule has 1 aromatic rings. The molecule has 172 valence electrons. The Morgan fingerprint density at radius 3 is 2.56 bits per heavy atom. The van der Waals surface area contributed by atoms with E-state index in [-0.39, 0.29) is 12.5 Å². The number of β-lactam (4-membered cyclic amide) rings is 1. The third-order valence-electron chi connectivity index (χ3n) is 5.85. The topological polar surface area (TPSA) is 137 Å². The molecule has 11 heteroatoms. The summed E-state index contributed by atoms with van der Waals surface area (Å²) in [7, 11) is 0. The van der Waals surface area contributed by atoms with Crippen LogP contribution in [0.5, 0.6) is 0 Å². The highest BCUT2D eigenvalue weighted by atomic mass is 32.2. The molecule has 3 aliphatic rings. The van der Waals surface area contributed by atoms with Gasteiger partial charge < -0.3 is 30.2 Å². The number of rotatable bonds is 6. The number of fused-ring (bicyclic) bond motifs is 1. The molecule has 3 aliphatic heterocycles. The average Bonchev–Trinajstić information content (AvgIpc) is 3.22. The number of hydrogen-bond acceptors (Lipinski definition) is 9. The van der Waals surface area contributed by atoms with Crippen LogP contribution in [-0.4, -0.2) is 69.9 Å². The normalized spacial score (nSPS) is 31.1. The first-order valence-corrected chi connectivity index (χ1v) is 11.1. The SMILES string of the molecule is C[C@@H]1OC(=O)O[C@@H]1COC(=O)[C@@H]1N2C(=O)[C@H](NC(=O)[C@H](N)c3ccccc3)[C@@H]2SC1(C)C. The maximum Gasteiger partial charge on any atom is 0.509 e. The zero-order valence-electron chi connectivity index (χ0n) is 17.8. The number of nitrogens with one attached hydrogen (secondary N) is 1. The Balaban J connectivity index is 1.39. The zero-order valence-corrected chi connectivity index (χ0v) is 18.7. The molecule has 6 atom stereocenters. The monoisotopic (exact) mass is 463 g/mol. The molecule has 0 spiro atoms. The standard InChI is InChI=1S/C21H25N3O7S/c1-10-12(31-20(28)30-10)9-29-19(27)15-21(2,3)32-18-14(17(26)24(15)18)23-16(25)13(22)11-7-5-4-6-8-11/h4-8,10,12-15,18H,9,22H2,1-3H3,(H,23,25)/t10-,12+,13+,14-,15-,18-/m0/s1. The molecule has 0 unspecified atom stereocenters. The largest absolute Gasteiger partial charge is 0.509 e. The minimum absolute atomic E-state index is 0.165. The van der Waals surface area contributed by atoms with Crippen molar-refractivity contribution in [3.63, 3.8) is 0 Å². The van der Waals surface area contributed by atoms with E-state index in [0.29, 0.717) is 5.56 Å². The summed E-state index contributed by atoms with van der Waals surface area (Å²) in [5.74, 6) is -1.43. The third-order valence-corrected chi connectivity index (χ3v) is 7.42. The van der Waals surface area contributed by atoms with Crippen LogP contribution < -0.4 is 11.1 Å². The second-order valence-corrected chi connectivity index (χ2v) is 10.3. The van der Waals surface area contributed by atoms with Gasteiger partial charge in [0, 0.05) is 4.75 Å². The summed E-state index contributed by atoms with van der Waals surface area (Å²) < 4.78 is 14.5. The van der Waals surface area contributed by atoms with Crippen molar-refractivity contribution < 1.29 is 33.4 Å². The lowest BCUT2D eigenvalue weighted by Crippen LogP contribution is -2.71. The van der Waals surface area contributed by atoms with Gasteiger partial charge in [-0.25, -0.2) is 9.59 Å². The predicted octanol–water partition coefficient (Wildman–Crippen LogP) is 0.701. The fourth-order valence-electron chi connectivity index (χ4n) is 4.07.